The van der Waals surface area contributed by atoms with E-state index < -0.39 is 9.84 Å². The molecule has 0 aliphatic rings. The van der Waals surface area contributed by atoms with E-state index in [0.29, 0.717) is 16.7 Å². The van der Waals surface area contributed by atoms with E-state index in [-0.39, 0.29) is 10.0 Å². The monoisotopic (exact) mass is 244 g/mol. The highest BCUT2D eigenvalue weighted by Crippen LogP contribution is 2.22. The Morgan fingerprint density at radius 1 is 1.20 bits per heavy atom. The van der Waals surface area contributed by atoms with Crippen LogP contribution in [-0.2, 0) is 9.84 Å². The van der Waals surface area contributed by atoms with Gasteiger partial charge in [-0.1, -0.05) is 0 Å². The summed E-state index contributed by atoms with van der Waals surface area (Å²) in [5, 5.41) is -0.351. The van der Waals surface area contributed by atoms with Crippen molar-refractivity contribution in [1.29, 1.82) is 0 Å². The van der Waals surface area contributed by atoms with Gasteiger partial charge in [-0.05, 0) is 37.1 Å². The molecule has 0 atom stereocenters. The average molecular weight is 244 g/mol. The van der Waals surface area contributed by atoms with E-state index in [1.807, 2.05) is 0 Å². The van der Waals surface area contributed by atoms with Crippen LogP contribution in [0.1, 0.15) is 21.5 Å². The lowest BCUT2D eigenvalue weighted by atomic mass is 10.0. The zero-order chi connectivity index (χ0) is 11.8. The van der Waals surface area contributed by atoms with Crippen LogP contribution < -0.4 is 0 Å². The van der Waals surface area contributed by atoms with Crippen LogP contribution >= 0.6 is 12.6 Å². The minimum atomic E-state index is -3.23. The third-order valence-electron chi connectivity index (χ3n) is 2.37. The number of carbonyl (C=O) groups is 1. The third-order valence-corrected chi connectivity index (χ3v) is 3.85. The fourth-order valence-electron chi connectivity index (χ4n) is 1.43. The van der Waals surface area contributed by atoms with Crippen molar-refractivity contribution >= 4 is 27.6 Å². The summed E-state index contributed by atoms with van der Waals surface area (Å²) >= 11 is 3.72. The lowest BCUT2D eigenvalue weighted by Crippen LogP contribution is -2.04. The molecule has 1 aromatic rings. The molecule has 5 heteroatoms. The lowest BCUT2D eigenvalue weighted by Gasteiger charge is -2.09. The van der Waals surface area contributed by atoms with Crippen LogP contribution in [0, 0.1) is 13.8 Å². The Kier molecular flexibility index (Phi) is 3.25. The molecule has 0 aromatic heterocycles. The maximum absolute atomic E-state index is 11.4. The zero-order valence-electron chi connectivity index (χ0n) is 8.73. The molecule has 0 saturated carbocycles. The molecule has 0 saturated heterocycles. The first-order valence-corrected chi connectivity index (χ1v) is 6.62. The summed E-state index contributed by atoms with van der Waals surface area (Å²) in [4.78, 5) is 11.4. The fraction of sp³-hybridized carbons (Fsp3) is 0.300. The number of hydrogen-bond acceptors (Lipinski definition) is 3. The summed E-state index contributed by atoms with van der Waals surface area (Å²) in [5.74, 6) is 0. The molecule has 0 bridgehead atoms. The zero-order valence-corrected chi connectivity index (χ0v) is 10.4. The maximum Gasteiger partial charge on any atom is 0.216 e. The predicted molar refractivity (Wildman–Crippen MR) is 62.3 cm³/mol. The quantitative estimate of drug-likeness (QED) is 0.807. The number of thiol groups is 1. The summed E-state index contributed by atoms with van der Waals surface area (Å²) < 4.78 is 22.8. The molecule has 0 heterocycles. The van der Waals surface area contributed by atoms with Crippen molar-refractivity contribution in [2.45, 2.75) is 18.7 Å². The van der Waals surface area contributed by atoms with Crippen LogP contribution in [0.25, 0.3) is 0 Å². The number of sulfone groups is 1. The van der Waals surface area contributed by atoms with E-state index in [1.165, 1.54) is 12.1 Å². The highest BCUT2D eigenvalue weighted by atomic mass is 32.2. The summed E-state index contributed by atoms with van der Waals surface area (Å²) in [6.45, 7) is 3.40. The van der Waals surface area contributed by atoms with Gasteiger partial charge in [0.25, 0.3) is 0 Å². The predicted octanol–water partition coefficient (Wildman–Crippen LogP) is 1.78. The Bertz CT molecular complexity index is 516. The van der Waals surface area contributed by atoms with E-state index in [0.717, 1.165) is 6.26 Å². The number of hydrogen-bond donors (Lipinski definition) is 1. The first-order valence-electron chi connectivity index (χ1n) is 4.28. The Balaban J connectivity index is 3.55. The van der Waals surface area contributed by atoms with Gasteiger partial charge in [-0.3, -0.25) is 4.79 Å². The molecule has 0 N–H and O–H groups in total. The Labute approximate surface area is 94.8 Å². The number of carbonyl (C=O) groups excluding carboxylic acids is 1. The smallest absolute Gasteiger partial charge is 0.216 e. The molecule has 1 rings (SSSR count). The van der Waals surface area contributed by atoms with E-state index >= 15 is 0 Å². The summed E-state index contributed by atoms with van der Waals surface area (Å²) in [5.41, 5.74) is 1.72. The first kappa shape index (κ1) is 12.3. The van der Waals surface area contributed by atoms with Crippen molar-refractivity contribution in [2.75, 3.05) is 6.26 Å². The van der Waals surface area contributed by atoms with Crippen LogP contribution in [0.2, 0.25) is 0 Å². The van der Waals surface area contributed by atoms with Crippen LogP contribution in [0.3, 0.4) is 0 Å². The summed E-state index contributed by atoms with van der Waals surface area (Å²) in [6, 6.07) is 2.94. The van der Waals surface area contributed by atoms with Gasteiger partial charge in [0, 0.05) is 11.8 Å². The highest BCUT2D eigenvalue weighted by Gasteiger charge is 2.15. The van der Waals surface area contributed by atoms with Crippen molar-refractivity contribution in [2.24, 2.45) is 0 Å². The van der Waals surface area contributed by atoms with Crippen molar-refractivity contribution in [1.82, 2.24) is 0 Å². The molecule has 0 fully saturated rings. The van der Waals surface area contributed by atoms with E-state index in [2.05, 4.69) is 12.6 Å². The topological polar surface area (TPSA) is 51.2 Å². The molecule has 0 amide bonds. The Morgan fingerprint density at radius 2 is 1.73 bits per heavy atom. The standard InChI is InChI=1S/C10H12O3S2/c1-6-7(2)9(15(3,12)13)5-4-8(6)10(11)14/h4-5H,1-3H3,(H,11,14). The molecule has 0 aliphatic carbocycles. The van der Waals surface area contributed by atoms with Gasteiger partial charge in [0.1, 0.15) is 0 Å². The van der Waals surface area contributed by atoms with E-state index in [4.69, 9.17) is 0 Å². The van der Waals surface area contributed by atoms with Gasteiger partial charge < -0.3 is 0 Å². The van der Waals surface area contributed by atoms with Gasteiger partial charge in [-0.15, -0.1) is 12.6 Å². The number of rotatable bonds is 2. The Hall–Kier alpha value is -0.810. The average Bonchev–Trinajstić information content (AvgIpc) is 2.06. The van der Waals surface area contributed by atoms with Gasteiger partial charge in [0.2, 0.25) is 5.12 Å². The SMILES string of the molecule is Cc1c(C(=O)S)ccc(S(C)(=O)=O)c1C. The molecule has 1 aromatic carbocycles. The van der Waals surface area contributed by atoms with Crippen LogP contribution in [-0.4, -0.2) is 19.8 Å². The molecular weight excluding hydrogens is 232 g/mol. The molecule has 3 nitrogen and oxygen atoms in total. The van der Waals surface area contributed by atoms with Crippen molar-refractivity contribution in [3.05, 3.63) is 28.8 Å². The molecule has 15 heavy (non-hydrogen) atoms. The van der Waals surface area contributed by atoms with Crippen LogP contribution in [0.15, 0.2) is 17.0 Å². The lowest BCUT2D eigenvalue weighted by molar-refractivity contribution is 0.109. The third kappa shape index (κ3) is 2.41. The Morgan fingerprint density at radius 3 is 2.13 bits per heavy atom. The van der Waals surface area contributed by atoms with Crippen molar-refractivity contribution in [3.63, 3.8) is 0 Å². The van der Waals surface area contributed by atoms with Gasteiger partial charge >= 0.3 is 0 Å². The van der Waals surface area contributed by atoms with E-state index in [9.17, 15) is 13.2 Å². The van der Waals surface area contributed by atoms with Crippen molar-refractivity contribution in [3.8, 4) is 0 Å². The first-order chi connectivity index (χ1) is 6.75. The molecular formula is C10H12O3S2. The molecule has 0 spiro atoms. The fourth-order valence-corrected chi connectivity index (χ4v) is 2.70. The minimum absolute atomic E-state index is 0.262. The van der Waals surface area contributed by atoms with Gasteiger partial charge in [0.15, 0.2) is 9.84 Å². The molecule has 0 radical (unpaired) electrons. The van der Waals surface area contributed by atoms with Gasteiger partial charge in [0.05, 0.1) is 4.90 Å². The van der Waals surface area contributed by atoms with Crippen LogP contribution in [0.4, 0.5) is 0 Å². The normalized spacial score (nSPS) is 11.5. The second-order valence-corrected chi connectivity index (χ2v) is 5.83. The summed E-state index contributed by atoms with van der Waals surface area (Å²) in [7, 11) is -3.23. The maximum atomic E-state index is 11.4. The minimum Gasteiger partial charge on any atom is -0.282 e. The molecule has 0 unspecified atom stereocenters. The van der Waals surface area contributed by atoms with Gasteiger partial charge in [-0.25, -0.2) is 8.42 Å². The summed E-state index contributed by atoms with van der Waals surface area (Å²) in [6.07, 6.45) is 1.15. The molecule has 82 valence electrons. The highest BCUT2D eigenvalue weighted by molar-refractivity contribution is 7.97. The second-order valence-electron chi connectivity index (χ2n) is 3.44. The number of benzene rings is 1. The van der Waals surface area contributed by atoms with Crippen molar-refractivity contribution < 1.29 is 13.2 Å². The van der Waals surface area contributed by atoms with Crippen LogP contribution in [0.5, 0.6) is 0 Å². The second kappa shape index (κ2) is 3.98. The largest absolute Gasteiger partial charge is 0.282 e. The molecule has 0 aliphatic heterocycles. The van der Waals surface area contributed by atoms with E-state index in [1.54, 1.807) is 13.8 Å². The van der Waals surface area contributed by atoms with Gasteiger partial charge in [-0.2, -0.15) is 0 Å².